The topological polar surface area (TPSA) is 34.1 Å². The molecule has 0 aromatic heterocycles. The summed E-state index contributed by atoms with van der Waals surface area (Å²) in [7, 11) is 2.03. The van der Waals surface area contributed by atoms with Crippen molar-refractivity contribution in [3.8, 4) is 11.5 Å². The van der Waals surface area contributed by atoms with Crippen LogP contribution in [0.4, 0.5) is 15.8 Å². The molecule has 0 radical (unpaired) electrons. The van der Waals surface area contributed by atoms with Gasteiger partial charge in [-0.2, -0.15) is 0 Å². The summed E-state index contributed by atoms with van der Waals surface area (Å²) >= 11 is 0. The van der Waals surface area contributed by atoms with Gasteiger partial charge in [0, 0.05) is 36.1 Å². The van der Waals surface area contributed by atoms with Gasteiger partial charge in [-0.05, 0) is 56.0 Å². The van der Waals surface area contributed by atoms with Gasteiger partial charge >= 0.3 is 0 Å². The van der Waals surface area contributed by atoms with E-state index in [0.29, 0.717) is 28.7 Å². The number of rotatable bonds is 2. The Bertz CT molecular complexity index is 892. The van der Waals surface area contributed by atoms with Crippen LogP contribution in [0.5, 0.6) is 11.5 Å². The first kappa shape index (κ1) is 16.9. The average molecular weight is 354 g/mol. The molecule has 2 aromatic rings. The number of fused-ring (bicyclic) bond motifs is 2. The standard InChI is InChI=1S/C21H23FN2O2/c1-13-10-21(2,3)24(4)18-9-17(22)14(7-16(13)18)11-23-15-5-6-19-20(8-15)26-12-25-19/h5-9,11,13H,10,12H2,1-4H3. The monoisotopic (exact) mass is 354 g/mol. The first-order valence-electron chi connectivity index (χ1n) is 8.86. The van der Waals surface area contributed by atoms with Crippen LogP contribution in [0.3, 0.4) is 0 Å². The van der Waals surface area contributed by atoms with Gasteiger partial charge in [0.25, 0.3) is 0 Å². The van der Waals surface area contributed by atoms with Gasteiger partial charge in [0.05, 0.1) is 5.69 Å². The van der Waals surface area contributed by atoms with Gasteiger partial charge in [0.2, 0.25) is 6.79 Å². The maximum Gasteiger partial charge on any atom is 0.231 e. The summed E-state index contributed by atoms with van der Waals surface area (Å²) in [6.07, 6.45) is 2.61. The molecule has 26 heavy (non-hydrogen) atoms. The lowest BCUT2D eigenvalue weighted by Crippen LogP contribution is -2.45. The predicted octanol–water partition coefficient (Wildman–Crippen LogP) is 5.03. The Morgan fingerprint density at radius 2 is 1.96 bits per heavy atom. The third kappa shape index (κ3) is 2.81. The smallest absolute Gasteiger partial charge is 0.231 e. The summed E-state index contributed by atoms with van der Waals surface area (Å²) in [5, 5.41) is 0. The van der Waals surface area contributed by atoms with Crippen LogP contribution in [0.2, 0.25) is 0 Å². The second-order valence-electron chi connectivity index (χ2n) is 7.70. The van der Waals surface area contributed by atoms with Crippen LogP contribution in [0.25, 0.3) is 0 Å². The lowest BCUT2D eigenvalue weighted by Gasteiger charge is -2.45. The van der Waals surface area contributed by atoms with Crippen molar-refractivity contribution >= 4 is 17.6 Å². The highest BCUT2D eigenvalue weighted by Crippen LogP contribution is 2.43. The van der Waals surface area contributed by atoms with Crippen molar-refractivity contribution in [3.63, 3.8) is 0 Å². The molecule has 0 spiro atoms. The van der Waals surface area contributed by atoms with Crippen molar-refractivity contribution < 1.29 is 13.9 Å². The molecule has 2 aliphatic rings. The van der Waals surface area contributed by atoms with E-state index in [9.17, 15) is 4.39 Å². The minimum absolute atomic E-state index is 0.0148. The number of anilines is 1. The van der Waals surface area contributed by atoms with E-state index >= 15 is 0 Å². The highest BCUT2D eigenvalue weighted by atomic mass is 19.1. The normalized spacial score (nSPS) is 20.5. The zero-order valence-corrected chi connectivity index (χ0v) is 15.5. The molecule has 0 bridgehead atoms. The fourth-order valence-electron chi connectivity index (χ4n) is 3.81. The highest BCUT2D eigenvalue weighted by molar-refractivity contribution is 5.84. The van der Waals surface area contributed by atoms with Crippen LogP contribution in [0, 0.1) is 5.82 Å². The Labute approximate surface area is 153 Å². The van der Waals surface area contributed by atoms with Crippen LogP contribution in [0.15, 0.2) is 35.3 Å². The minimum Gasteiger partial charge on any atom is -0.454 e. The molecule has 4 nitrogen and oxygen atoms in total. The Kier molecular flexibility index (Phi) is 3.90. The summed E-state index contributed by atoms with van der Waals surface area (Å²) in [6.45, 7) is 6.81. The van der Waals surface area contributed by atoms with E-state index in [2.05, 4.69) is 30.7 Å². The molecule has 0 amide bonds. The van der Waals surface area contributed by atoms with Gasteiger partial charge in [-0.1, -0.05) is 6.92 Å². The first-order valence-corrected chi connectivity index (χ1v) is 8.86. The zero-order chi connectivity index (χ0) is 18.5. The molecule has 4 rings (SSSR count). The molecule has 2 aliphatic heterocycles. The molecular weight excluding hydrogens is 331 g/mol. The molecule has 136 valence electrons. The van der Waals surface area contributed by atoms with Gasteiger partial charge in [-0.15, -0.1) is 0 Å². The van der Waals surface area contributed by atoms with Crippen molar-refractivity contribution in [1.82, 2.24) is 0 Å². The fourth-order valence-corrected chi connectivity index (χ4v) is 3.81. The lowest BCUT2D eigenvalue weighted by atomic mass is 9.80. The molecule has 2 heterocycles. The molecule has 0 saturated heterocycles. The third-order valence-electron chi connectivity index (χ3n) is 5.46. The van der Waals surface area contributed by atoms with E-state index in [0.717, 1.165) is 12.1 Å². The second kappa shape index (κ2) is 6.01. The Balaban J connectivity index is 1.67. The first-order chi connectivity index (χ1) is 12.3. The Morgan fingerprint density at radius 1 is 1.19 bits per heavy atom. The van der Waals surface area contributed by atoms with E-state index in [1.165, 1.54) is 5.56 Å². The quantitative estimate of drug-likeness (QED) is 0.710. The minimum atomic E-state index is -0.259. The van der Waals surface area contributed by atoms with Gasteiger partial charge in [-0.25, -0.2) is 4.39 Å². The number of hydrogen-bond donors (Lipinski definition) is 0. The molecule has 0 fully saturated rings. The van der Waals surface area contributed by atoms with E-state index in [-0.39, 0.29) is 18.1 Å². The molecule has 5 heteroatoms. The lowest BCUT2D eigenvalue weighted by molar-refractivity contribution is 0.174. The number of aliphatic imine (C=N–C) groups is 1. The van der Waals surface area contributed by atoms with Gasteiger partial charge in [0.1, 0.15) is 5.82 Å². The molecule has 0 aliphatic carbocycles. The zero-order valence-electron chi connectivity index (χ0n) is 15.5. The molecule has 1 atom stereocenters. The SMILES string of the molecule is CC1CC(C)(C)N(C)c2cc(F)c(C=Nc3ccc4c(c3)OCO4)cc21. The fraction of sp³-hybridized carbons (Fsp3) is 0.381. The van der Waals surface area contributed by atoms with Crippen LogP contribution >= 0.6 is 0 Å². The summed E-state index contributed by atoms with van der Waals surface area (Å²) in [5.41, 5.74) is 3.35. The van der Waals surface area contributed by atoms with E-state index in [1.807, 2.05) is 25.2 Å². The summed E-state index contributed by atoms with van der Waals surface area (Å²) in [5.74, 6) is 1.49. The Hall–Kier alpha value is -2.56. The molecule has 0 N–H and O–H groups in total. The maximum atomic E-state index is 14.7. The number of hydrogen-bond acceptors (Lipinski definition) is 4. The van der Waals surface area contributed by atoms with Crippen molar-refractivity contribution in [2.24, 2.45) is 4.99 Å². The van der Waals surface area contributed by atoms with Gasteiger partial charge in [-0.3, -0.25) is 4.99 Å². The summed E-state index contributed by atoms with van der Waals surface area (Å²) < 4.78 is 25.3. The number of nitrogens with zero attached hydrogens (tertiary/aromatic N) is 2. The molecule has 1 unspecified atom stereocenters. The highest BCUT2D eigenvalue weighted by Gasteiger charge is 2.34. The number of ether oxygens (including phenoxy) is 2. The second-order valence-corrected chi connectivity index (χ2v) is 7.70. The molecule has 2 aromatic carbocycles. The molecule has 0 saturated carbocycles. The van der Waals surface area contributed by atoms with Crippen LogP contribution in [-0.2, 0) is 0 Å². The average Bonchev–Trinajstić information content (AvgIpc) is 3.06. The van der Waals surface area contributed by atoms with Crippen LogP contribution in [-0.4, -0.2) is 25.6 Å². The Morgan fingerprint density at radius 3 is 2.77 bits per heavy atom. The van der Waals surface area contributed by atoms with Crippen molar-refractivity contribution in [1.29, 1.82) is 0 Å². The van der Waals surface area contributed by atoms with Crippen molar-refractivity contribution in [2.75, 3.05) is 18.7 Å². The van der Waals surface area contributed by atoms with Gasteiger partial charge in [0.15, 0.2) is 11.5 Å². The summed E-state index contributed by atoms with van der Waals surface area (Å²) in [6, 6.07) is 9.01. The largest absolute Gasteiger partial charge is 0.454 e. The third-order valence-corrected chi connectivity index (χ3v) is 5.46. The van der Waals surface area contributed by atoms with Crippen molar-refractivity contribution in [3.05, 3.63) is 47.3 Å². The van der Waals surface area contributed by atoms with Gasteiger partial charge < -0.3 is 14.4 Å². The van der Waals surface area contributed by atoms with Crippen LogP contribution < -0.4 is 14.4 Å². The van der Waals surface area contributed by atoms with Crippen molar-refractivity contribution in [2.45, 2.75) is 38.6 Å². The van der Waals surface area contributed by atoms with E-state index < -0.39 is 0 Å². The van der Waals surface area contributed by atoms with E-state index in [1.54, 1.807) is 18.3 Å². The number of halogens is 1. The van der Waals surface area contributed by atoms with Crippen LogP contribution in [0.1, 0.15) is 44.2 Å². The predicted molar refractivity (Wildman–Crippen MR) is 102 cm³/mol. The van der Waals surface area contributed by atoms with E-state index in [4.69, 9.17) is 9.47 Å². The number of benzene rings is 2. The summed E-state index contributed by atoms with van der Waals surface area (Å²) in [4.78, 5) is 6.59. The molecular formula is C21H23FN2O2. The maximum absolute atomic E-state index is 14.7.